The Morgan fingerprint density at radius 2 is 1.66 bits per heavy atom. The average Bonchev–Trinajstić information content (AvgIpc) is 3.60. The number of aliphatic imine (C=N–C) groups is 1. The maximum Gasteiger partial charge on any atom is 0.326 e. The number of carbonyl (C=O) groups is 3. The fourth-order valence-electron chi connectivity index (χ4n) is 6.35. The highest BCUT2D eigenvalue weighted by Gasteiger charge is 2.29. The zero-order valence-corrected chi connectivity index (χ0v) is 29.9. The number of hydrogen-bond acceptors (Lipinski definition) is 8. The van der Waals surface area contributed by atoms with Gasteiger partial charge in [-0.15, -0.1) is 0 Å². The quantitative estimate of drug-likeness (QED) is 0.153. The number of nitrogens with one attached hydrogen (secondary N) is 2. The first-order valence-corrected chi connectivity index (χ1v) is 17.4. The van der Waals surface area contributed by atoms with Gasteiger partial charge in [-0.05, 0) is 87.1 Å². The van der Waals surface area contributed by atoms with Crippen molar-refractivity contribution in [3.05, 3.63) is 83.9 Å². The molecule has 11 heteroatoms. The van der Waals surface area contributed by atoms with Gasteiger partial charge in [-0.2, -0.15) is 0 Å². The number of urea groups is 1. The molecule has 2 aliphatic rings. The number of fused-ring (bicyclic) bond motifs is 1. The number of rotatable bonds is 13. The molecule has 266 valence electrons. The number of ether oxygens (including phenoxy) is 2. The lowest BCUT2D eigenvalue weighted by molar-refractivity contribution is -0.158. The van der Waals surface area contributed by atoms with E-state index in [1.54, 1.807) is 4.90 Å². The molecule has 0 spiro atoms. The van der Waals surface area contributed by atoms with Crippen LogP contribution in [0.3, 0.4) is 0 Å². The Hall–Kier alpha value is -5.06. The van der Waals surface area contributed by atoms with Gasteiger partial charge in [0.05, 0.1) is 12.3 Å². The van der Waals surface area contributed by atoms with Crippen LogP contribution in [0.2, 0.25) is 0 Å². The molecule has 0 atom stereocenters. The molecule has 1 saturated carbocycles. The van der Waals surface area contributed by atoms with Crippen molar-refractivity contribution < 1.29 is 23.9 Å². The molecule has 0 bridgehead atoms. The van der Waals surface area contributed by atoms with E-state index in [1.165, 1.54) is 25.7 Å². The molecule has 0 unspecified atom stereocenters. The van der Waals surface area contributed by atoms with Crippen LogP contribution in [0.15, 0.2) is 77.8 Å². The summed E-state index contributed by atoms with van der Waals surface area (Å²) in [5, 5.41) is 5.68. The van der Waals surface area contributed by atoms with E-state index in [4.69, 9.17) is 14.5 Å². The van der Waals surface area contributed by atoms with E-state index >= 15 is 0 Å². The Morgan fingerprint density at radius 1 is 0.940 bits per heavy atom. The van der Waals surface area contributed by atoms with Crippen LogP contribution in [0.1, 0.15) is 63.5 Å². The number of nitrogens with zero attached hydrogens (tertiary/aromatic N) is 4. The van der Waals surface area contributed by atoms with E-state index in [0.717, 1.165) is 23.4 Å². The van der Waals surface area contributed by atoms with Gasteiger partial charge in [-0.3, -0.25) is 14.9 Å². The molecule has 0 aromatic heterocycles. The largest absolute Gasteiger partial charge is 0.494 e. The summed E-state index contributed by atoms with van der Waals surface area (Å²) >= 11 is 0. The number of amides is 3. The first kappa shape index (κ1) is 36.2. The predicted molar refractivity (Wildman–Crippen MR) is 197 cm³/mol. The lowest BCUT2D eigenvalue weighted by Gasteiger charge is -2.32. The van der Waals surface area contributed by atoms with E-state index in [1.807, 2.05) is 118 Å². The van der Waals surface area contributed by atoms with Crippen molar-refractivity contribution in [3.63, 3.8) is 0 Å². The molecule has 11 nitrogen and oxygen atoms in total. The number of hydrogen-bond donors (Lipinski definition) is 2. The smallest absolute Gasteiger partial charge is 0.326 e. The maximum absolute atomic E-state index is 13.4. The minimum atomic E-state index is -0.861. The fourth-order valence-corrected chi connectivity index (χ4v) is 6.35. The maximum atomic E-state index is 13.4. The molecule has 0 radical (unpaired) electrons. The molecule has 0 saturated heterocycles. The first-order valence-electron chi connectivity index (χ1n) is 17.4. The summed E-state index contributed by atoms with van der Waals surface area (Å²) in [5.41, 5.74) is 3.11. The Balaban J connectivity index is 1.24. The lowest BCUT2D eigenvalue weighted by Crippen LogP contribution is -2.49. The fraction of sp³-hybridized carbons (Fsp3) is 0.436. The van der Waals surface area contributed by atoms with Crippen LogP contribution in [-0.2, 0) is 26.5 Å². The molecule has 3 amide bonds. The number of esters is 1. The molecule has 1 fully saturated rings. The third-order valence-electron chi connectivity index (χ3n) is 9.20. The van der Waals surface area contributed by atoms with Crippen molar-refractivity contribution in [2.24, 2.45) is 10.9 Å². The molecule has 3 aromatic carbocycles. The van der Waals surface area contributed by atoms with Crippen LogP contribution in [0.5, 0.6) is 5.75 Å². The Kier molecular flexibility index (Phi) is 12.0. The lowest BCUT2D eigenvalue weighted by atomic mass is 9.98. The molecular formula is C39H50N6O5. The van der Waals surface area contributed by atoms with Gasteiger partial charge in [0.25, 0.3) is 0 Å². The summed E-state index contributed by atoms with van der Waals surface area (Å²) in [4.78, 5) is 49.4. The van der Waals surface area contributed by atoms with Crippen molar-refractivity contribution in [1.82, 2.24) is 15.1 Å². The Morgan fingerprint density at radius 3 is 2.36 bits per heavy atom. The second-order valence-corrected chi connectivity index (χ2v) is 13.8. The zero-order valence-electron chi connectivity index (χ0n) is 29.9. The molecule has 1 aliphatic heterocycles. The van der Waals surface area contributed by atoms with Gasteiger partial charge in [0.2, 0.25) is 11.9 Å². The van der Waals surface area contributed by atoms with Crippen molar-refractivity contribution in [2.45, 2.75) is 64.5 Å². The predicted octanol–water partition coefficient (Wildman–Crippen LogP) is 6.66. The van der Waals surface area contributed by atoms with Crippen molar-refractivity contribution in [1.29, 1.82) is 0 Å². The highest BCUT2D eigenvalue weighted by molar-refractivity contribution is 6.04. The van der Waals surface area contributed by atoms with Crippen LogP contribution in [-0.4, -0.2) is 74.5 Å². The van der Waals surface area contributed by atoms with Crippen molar-refractivity contribution in [3.8, 4) is 5.75 Å². The van der Waals surface area contributed by atoms with Gasteiger partial charge < -0.3 is 29.5 Å². The van der Waals surface area contributed by atoms with Crippen LogP contribution >= 0.6 is 0 Å². The highest BCUT2D eigenvalue weighted by atomic mass is 16.6. The molecule has 1 aliphatic carbocycles. The van der Waals surface area contributed by atoms with Gasteiger partial charge in [0, 0.05) is 57.6 Å². The SMILES string of the molecule is CN(CC1CCCC1)C(=O)CCCOc1ccc2c(c1)CN(CC(=O)OC(C)(C)c1ccccc1)C(NC(=O)Nc1ccc(N(C)C)cc1)=N2. The van der Waals surface area contributed by atoms with Gasteiger partial charge in [0.1, 0.15) is 17.9 Å². The average molecular weight is 683 g/mol. The Labute approximate surface area is 295 Å². The van der Waals surface area contributed by atoms with E-state index < -0.39 is 17.6 Å². The van der Waals surface area contributed by atoms with Crippen molar-refractivity contribution in [2.75, 3.05) is 51.1 Å². The molecular weight excluding hydrogens is 632 g/mol. The number of guanidine groups is 1. The van der Waals surface area contributed by atoms with Gasteiger partial charge in [-0.25, -0.2) is 9.79 Å². The zero-order chi connectivity index (χ0) is 35.7. The minimum absolute atomic E-state index is 0.145. The second kappa shape index (κ2) is 16.6. The van der Waals surface area contributed by atoms with E-state index in [2.05, 4.69) is 10.6 Å². The van der Waals surface area contributed by atoms with Crippen molar-refractivity contribution >= 4 is 40.9 Å². The highest BCUT2D eigenvalue weighted by Crippen LogP contribution is 2.31. The summed E-state index contributed by atoms with van der Waals surface area (Å²) in [6.45, 7) is 5.07. The van der Waals surface area contributed by atoms with Crippen LogP contribution in [0.4, 0.5) is 21.9 Å². The molecule has 5 rings (SSSR count). The third-order valence-corrected chi connectivity index (χ3v) is 9.20. The topological polar surface area (TPSA) is 116 Å². The van der Waals surface area contributed by atoms with Crippen LogP contribution in [0, 0.1) is 5.92 Å². The first-order chi connectivity index (χ1) is 24.0. The second-order valence-electron chi connectivity index (χ2n) is 13.8. The molecule has 1 heterocycles. The molecule has 3 aromatic rings. The molecule has 2 N–H and O–H groups in total. The van der Waals surface area contributed by atoms with Gasteiger partial charge in [-0.1, -0.05) is 43.2 Å². The van der Waals surface area contributed by atoms with Gasteiger partial charge >= 0.3 is 12.0 Å². The number of carbonyl (C=O) groups excluding carboxylic acids is 3. The summed E-state index contributed by atoms with van der Waals surface area (Å²) in [5.74, 6) is 1.18. The van der Waals surface area contributed by atoms with E-state index in [0.29, 0.717) is 42.5 Å². The summed E-state index contributed by atoms with van der Waals surface area (Å²) in [6, 6.07) is 22.1. The van der Waals surface area contributed by atoms with E-state index in [-0.39, 0.29) is 25.0 Å². The summed E-state index contributed by atoms with van der Waals surface area (Å²) in [6.07, 6.45) is 6.00. The normalized spacial score (nSPS) is 14.3. The van der Waals surface area contributed by atoms with Crippen LogP contribution in [0.25, 0.3) is 0 Å². The monoisotopic (exact) mass is 682 g/mol. The van der Waals surface area contributed by atoms with E-state index in [9.17, 15) is 14.4 Å². The third kappa shape index (κ3) is 9.99. The van der Waals surface area contributed by atoms with Crippen LogP contribution < -0.4 is 20.3 Å². The summed E-state index contributed by atoms with van der Waals surface area (Å²) in [7, 11) is 5.79. The minimum Gasteiger partial charge on any atom is -0.494 e. The number of anilines is 2. The Bertz CT molecular complexity index is 1650. The standard InChI is InChI=1S/C39H50N6O5/c1-39(2,30-14-7-6-8-15-30)50-36(47)27-45-26-29-24-33(49-23-11-16-35(46)44(5)25-28-12-9-10-13-28)21-22-34(29)41-37(45)42-38(48)40-31-17-19-32(20-18-31)43(3)4/h6-8,14-15,17-22,24,28H,9-13,16,23,25-27H2,1-5H3,(H2,40,41,42,48). The molecule has 50 heavy (non-hydrogen) atoms. The van der Waals surface area contributed by atoms with Gasteiger partial charge in [0.15, 0.2) is 0 Å². The number of benzene rings is 3. The summed E-state index contributed by atoms with van der Waals surface area (Å²) < 4.78 is 12.0.